The molecule has 2 heterocycles. The van der Waals surface area contributed by atoms with Gasteiger partial charge in [-0.3, -0.25) is 0 Å². The maximum atomic E-state index is 4.36. The zero-order chi connectivity index (χ0) is 43.6. The van der Waals surface area contributed by atoms with Gasteiger partial charge in [0.25, 0.3) is 0 Å². The zero-order valence-corrected chi connectivity index (χ0v) is 36.1. The lowest BCUT2D eigenvalue weighted by Crippen LogP contribution is -1.97. The van der Waals surface area contributed by atoms with E-state index in [0.29, 0.717) is 0 Å². The summed E-state index contributed by atoms with van der Waals surface area (Å²) in [4.78, 5) is 0. The molecule has 0 aliphatic heterocycles. The third-order valence-electron chi connectivity index (χ3n) is 14.4. The molecule has 0 bridgehead atoms. The Bertz CT molecular complexity index is 4220. The third-order valence-corrected chi connectivity index (χ3v) is 14.4. The standard InChI is InChI=1S/C64H40N2/c1-3-45-56-35-41(28-32-60(56)65(59(45)4-2)44-30-31-52-48-22-9-8-20-46(48)47-21-10-12-24-50(47)55(52)37-44)42-29-33-61-58(36-42)64-54-27-15-26-53-49-23-11-13-25-51(49)57(63(53)54)38-62(64)66(61)43-19-14-18-40(34-43)39-16-6-5-7-17-39/h3-38H,1-2H2. The van der Waals surface area contributed by atoms with Gasteiger partial charge in [-0.2, -0.15) is 0 Å². The predicted octanol–water partition coefficient (Wildman–Crippen LogP) is 17.6. The van der Waals surface area contributed by atoms with E-state index in [1.54, 1.807) is 0 Å². The Kier molecular flexibility index (Phi) is 7.73. The Morgan fingerprint density at radius 1 is 0.288 bits per heavy atom. The summed E-state index contributed by atoms with van der Waals surface area (Å²) in [6.45, 7) is 8.71. The van der Waals surface area contributed by atoms with Crippen LogP contribution in [0.5, 0.6) is 0 Å². The van der Waals surface area contributed by atoms with Crippen molar-refractivity contribution in [3.05, 3.63) is 231 Å². The van der Waals surface area contributed by atoms with E-state index in [4.69, 9.17) is 0 Å². The minimum Gasteiger partial charge on any atom is -0.309 e. The maximum Gasteiger partial charge on any atom is 0.0553 e. The van der Waals surface area contributed by atoms with Crippen LogP contribution in [0.1, 0.15) is 11.3 Å². The Morgan fingerprint density at radius 2 is 0.833 bits per heavy atom. The van der Waals surface area contributed by atoms with Crippen molar-refractivity contribution in [2.24, 2.45) is 0 Å². The molecule has 1 aliphatic carbocycles. The van der Waals surface area contributed by atoms with E-state index in [9.17, 15) is 0 Å². The van der Waals surface area contributed by atoms with Gasteiger partial charge in [-0.25, -0.2) is 0 Å². The summed E-state index contributed by atoms with van der Waals surface area (Å²) >= 11 is 0. The molecule has 0 fully saturated rings. The Labute approximate surface area is 381 Å². The maximum absolute atomic E-state index is 4.36. The molecule has 1 aliphatic rings. The summed E-state index contributed by atoms with van der Waals surface area (Å²) in [7, 11) is 0. The molecular weight excluding hydrogens is 797 g/mol. The first-order valence-electron chi connectivity index (χ1n) is 22.7. The van der Waals surface area contributed by atoms with Gasteiger partial charge in [-0.15, -0.1) is 0 Å². The van der Waals surface area contributed by atoms with Crippen molar-refractivity contribution >= 4 is 88.0 Å². The first-order valence-corrected chi connectivity index (χ1v) is 22.7. The van der Waals surface area contributed by atoms with E-state index in [1.165, 1.54) is 104 Å². The van der Waals surface area contributed by atoms with Crippen LogP contribution in [0.3, 0.4) is 0 Å². The fourth-order valence-electron chi connectivity index (χ4n) is 11.5. The Morgan fingerprint density at radius 3 is 1.55 bits per heavy atom. The van der Waals surface area contributed by atoms with E-state index in [-0.39, 0.29) is 0 Å². The number of hydrogen-bond acceptors (Lipinski definition) is 0. The van der Waals surface area contributed by atoms with Gasteiger partial charge in [0.05, 0.1) is 22.2 Å². The van der Waals surface area contributed by atoms with Crippen LogP contribution in [0.25, 0.3) is 144 Å². The smallest absolute Gasteiger partial charge is 0.0553 e. The van der Waals surface area contributed by atoms with Crippen molar-refractivity contribution in [3.63, 3.8) is 0 Å². The highest BCUT2D eigenvalue weighted by atomic mass is 15.0. The van der Waals surface area contributed by atoms with Crippen LogP contribution in [-0.2, 0) is 0 Å². The first-order chi connectivity index (χ1) is 32.7. The highest BCUT2D eigenvalue weighted by Gasteiger charge is 2.26. The number of hydrogen-bond donors (Lipinski definition) is 0. The van der Waals surface area contributed by atoms with E-state index >= 15 is 0 Å². The SMILES string of the molecule is C=Cc1c(C=C)n(-c2ccc3c4ccccc4c4ccccc4c3c2)c2ccc(-c3ccc4c(c3)c3c5cccc6c5c(cc3n4-c3cccc(-c4ccccc4)c3)-c3ccccc3-6)cc12. The highest BCUT2D eigenvalue weighted by molar-refractivity contribution is 6.30. The zero-order valence-electron chi connectivity index (χ0n) is 36.1. The van der Waals surface area contributed by atoms with Gasteiger partial charge in [0.1, 0.15) is 0 Å². The van der Waals surface area contributed by atoms with Crippen molar-refractivity contribution in [2.45, 2.75) is 0 Å². The molecule has 14 rings (SSSR count). The van der Waals surface area contributed by atoms with Crippen molar-refractivity contribution in [1.29, 1.82) is 0 Å². The molecule has 0 saturated heterocycles. The van der Waals surface area contributed by atoms with E-state index in [0.717, 1.165) is 39.1 Å². The Hall–Kier alpha value is -8.72. The highest BCUT2D eigenvalue weighted by Crippen LogP contribution is 2.51. The molecule has 11 aromatic carbocycles. The van der Waals surface area contributed by atoms with E-state index in [1.807, 2.05) is 12.2 Å². The molecule has 13 aromatic rings. The van der Waals surface area contributed by atoms with E-state index in [2.05, 4.69) is 229 Å². The molecule has 0 atom stereocenters. The van der Waals surface area contributed by atoms with Gasteiger partial charge in [0.15, 0.2) is 0 Å². The lowest BCUT2D eigenvalue weighted by Gasteiger charge is -2.14. The minimum atomic E-state index is 1.03. The molecule has 0 unspecified atom stereocenters. The number of benzene rings is 11. The van der Waals surface area contributed by atoms with Crippen LogP contribution in [0, 0.1) is 0 Å². The van der Waals surface area contributed by atoms with Gasteiger partial charge < -0.3 is 9.13 Å². The van der Waals surface area contributed by atoms with Gasteiger partial charge in [-0.1, -0.05) is 171 Å². The van der Waals surface area contributed by atoms with Crippen molar-refractivity contribution in [2.75, 3.05) is 0 Å². The summed E-state index contributed by atoms with van der Waals surface area (Å²) in [5, 5.41) is 13.8. The van der Waals surface area contributed by atoms with Crippen LogP contribution in [0.2, 0.25) is 0 Å². The second kappa shape index (κ2) is 13.9. The third kappa shape index (κ3) is 5.07. The molecule has 0 N–H and O–H groups in total. The number of nitrogens with zero attached hydrogens (tertiary/aromatic N) is 2. The van der Waals surface area contributed by atoms with Gasteiger partial charge in [0, 0.05) is 33.1 Å². The normalized spacial score (nSPS) is 12.1. The molecular formula is C64H40N2. The van der Waals surface area contributed by atoms with Crippen LogP contribution in [0.4, 0.5) is 0 Å². The summed E-state index contributed by atoms with van der Waals surface area (Å²) < 4.78 is 4.84. The Balaban J connectivity index is 0.990. The minimum absolute atomic E-state index is 1.03. The van der Waals surface area contributed by atoms with Crippen molar-refractivity contribution < 1.29 is 0 Å². The van der Waals surface area contributed by atoms with Crippen molar-refractivity contribution in [3.8, 4) is 55.9 Å². The van der Waals surface area contributed by atoms with Crippen LogP contribution >= 0.6 is 0 Å². The summed E-state index contributed by atoms with van der Waals surface area (Å²) in [6.07, 6.45) is 3.97. The molecule has 2 heteroatoms. The average Bonchev–Trinajstić information content (AvgIpc) is 4.02. The number of rotatable bonds is 6. The lowest BCUT2D eigenvalue weighted by atomic mass is 9.94. The fraction of sp³-hybridized carbons (Fsp3) is 0. The summed E-state index contributed by atoms with van der Waals surface area (Å²) in [5.41, 5.74) is 17.8. The van der Waals surface area contributed by atoms with E-state index < -0.39 is 0 Å². The summed E-state index contributed by atoms with van der Waals surface area (Å²) in [6, 6.07) is 76.2. The molecule has 0 radical (unpaired) electrons. The van der Waals surface area contributed by atoms with Gasteiger partial charge >= 0.3 is 0 Å². The molecule has 0 amide bonds. The molecule has 2 nitrogen and oxygen atoms in total. The average molecular weight is 837 g/mol. The monoisotopic (exact) mass is 836 g/mol. The molecule has 0 spiro atoms. The molecule has 66 heavy (non-hydrogen) atoms. The van der Waals surface area contributed by atoms with Crippen LogP contribution in [0.15, 0.2) is 219 Å². The number of fused-ring (bicyclic) bond motifs is 14. The lowest BCUT2D eigenvalue weighted by molar-refractivity contribution is 1.11. The van der Waals surface area contributed by atoms with Crippen LogP contribution in [-0.4, -0.2) is 9.13 Å². The molecule has 0 saturated carbocycles. The number of aromatic nitrogens is 2. The second-order valence-electron chi connectivity index (χ2n) is 17.7. The first kappa shape index (κ1) is 36.7. The van der Waals surface area contributed by atoms with Gasteiger partial charge in [0.2, 0.25) is 0 Å². The predicted molar refractivity (Wildman–Crippen MR) is 283 cm³/mol. The van der Waals surface area contributed by atoms with Crippen LogP contribution < -0.4 is 0 Å². The molecule has 2 aromatic heterocycles. The summed E-state index contributed by atoms with van der Waals surface area (Å²) in [5.74, 6) is 0. The topological polar surface area (TPSA) is 9.86 Å². The largest absolute Gasteiger partial charge is 0.309 e. The van der Waals surface area contributed by atoms with Crippen molar-refractivity contribution in [1.82, 2.24) is 9.13 Å². The van der Waals surface area contributed by atoms with Gasteiger partial charge in [-0.05, 0) is 148 Å². The second-order valence-corrected chi connectivity index (χ2v) is 17.7. The molecule has 306 valence electrons. The fourth-order valence-corrected chi connectivity index (χ4v) is 11.5. The quantitative estimate of drug-likeness (QED) is 0.148.